The number of esters is 2. The Morgan fingerprint density at radius 1 is 0.512 bits per heavy atom. The lowest BCUT2D eigenvalue weighted by Crippen LogP contribution is -2.08. The number of aliphatic carboxylic acids is 2. The van der Waals surface area contributed by atoms with Gasteiger partial charge in [0, 0.05) is 117 Å². The molecule has 6 N–H and O–H groups in total. The fourth-order valence-electron chi connectivity index (χ4n) is 7.13. The van der Waals surface area contributed by atoms with E-state index in [9.17, 15) is 48.6 Å². The van der Waals surface area contributed by atoms with Crippen LogP contribution in [0.3, 0.4) is 0 Å². The first-order valence-corrected chi connectivity index (χ1v) is 29.3. The number of phenols is 2. The summed E-state index contributed by atoms with van der Waals surface area (Å²) in [5.74, 6) is -1.77. The maximum Gasteiger partial charge on any atom is 0.336 e. The normalized spacial score (nSPS) is 10.0. The molecule has 86 heavy (non-hydrogen) atoms. The number of ether oxygens (including phenoxy) is 4. The summed E-state index contributed by atoms with van der Waals surface area (Å²) in [6, 6.07) is 23.6. The van der Waals surface area contributed by atoms with E-state index in [0.717, 1.165) is 31.3 Å². The van der Waals surface area contributed by atoms with Crippen molar-refractivity contribution in [2.24, 2.45) is 0 Å². The van der Waals surface area contributed by atoms with E-state index in [2.05, 4.69) is 60.6 Å². The molecule has 8 aromatic rings. The fourth-order valence-corrected chi connectivity index (χ4v) is 7.69. The molecule has 0 amide bonds. The van der Waals surface area contributed by atoms with Crippen LogP contribution in [0, 0.1) is 0 Å². The first-order chi connectivity index (χ1) is 40.5. The van der Waals surface area contributed by atoms with Crippen molar-refractivity contribution < 1.29 is 90.6 Å². The summed E-state index contributed by atoms with van der Waals surface area (Å²) in [5.41, 5.74) is 0.733. The zero-order valence-corrected chi connectivity index (χ0v) is 50.5. The monoisotopic (exact) mass is 1320 g/mol. The SMILES string of the molecule is C.CCCCBr.CCCCOc1ccc2c(CC(=O)OC)cc(=O)oc2c1.CO.COC(=O)Cc1cc(=O)oc2cc(O)ccc12.O=C(O)Cc1cc(=O)oc2cc(O)ccc12.O=C(O)Cc1cc(=O)oc2cc(OCCCO)ccc12.O=S(Cl)Cl. The molecule has 0 unspecified atom stereocenters. The summed E-state index contributed by atoms with van der Waals surface area (Å²) in [6.45, 7) is 5.27. The second-order valence-electron chi connectivity index (χ2n) is 17.0. The van der Waals surface area contributed by atoms with Crippen molar-refractivity contribution in [1.82, 2.24) is 0 Å². The first-order valence-electron chi connectivity index (χ1n) is 25.4. The number of benzene rings is 4. The molecule has 0 spiro atoms. The number of carboxylic acid groups (broad SMARTS) is 2. The van der Waals surface area contributed by atoms with Crippen LogP contribution in [0.15, 0.2) is 134 Å². The predicted molar refractivity (Wildman–Crippen MR) is 328 cm³/mol. The number of alkyl halides is 1. The van der Waals surface area contributed by atoms with Gasteiger partial charge in [0.15, 0.2) is 0 Å². The average Bonchev–Trinajstić information content (AvgIpc) is 2.83. The van der Waals surface area contributed by atoms with Crippen molar-refractivity contribution in [3.05, 3.63) is 161 Å². The molecule has 4 aromatic carbocycles. The number of carboxylic acids is 2. The number of rotatable bonds is 18. The Labute approximate surface area is 511 Å². The fraction of sp³-hybridized carbons (Fsp3) is 0.322. The molecule has 0 aliphatic heterocycles. The summed E-state index contributed by atoms with van der Waals surface area (Å²) < 4.78 is 49.2. The summed E-state index contributed by atoms with van der Waals surface area (Å²) in [7, 11) is 11.0. The van der Waals surface area contributed by atoms with E-state index >= 15 is 0 Å². The van der Waals surface area contributed by atoms with Gasteiger partial charge in [-0.3, -0.25) is 19.2 Å². The molecular weight excluding hydrogens is 1260 g/mol. The number of hydrogen-bond acceptors (Lipinski definition) is 21. The molecule has 27 heteroatoms. The molecule has 0 aliphatic rings. The Morgan fingerprint density at radius 2 is 0.814 bits per heavy atom. The number of carbonyl (C=O) groups excluding carboxylic acids is 2. The topological polar surface area (TPSA) is 364 Å². The molecule has 0 saturated carbocycles. The van der Waals surface area contributed by atoms with Crippen molar-refractivity contribution in [1.29, 1.82) is 0 Å². The zero-order chi connectivity index (χ0) is 63.6. The molecule has 0 saturated heterocycles. The largest absolute Gasteiger partial charge is 0.508 e. The van der Waals surface area contributed by atoms with Gasteiger partial charge in [-0.25, -0.2) is 23.4 Å². The first kappa shape index (κ1) is 75.9. The third-order valence-corrected chi connectivity index (χ3v) is 11.4. The van der Waals surface area contributed by atoms with E-state index in [1.165, 1.54) is 75.6 Å². The number of unbranched alkanes of at least 4 members (excludes halogenated alkanes) is 2. The third kappa shape index (κ3) is 27.8. The van der Waals surface area contributed by atoms with Crippen LogP contribution < -0.4 is 32.0 Å². The zero-order valence-electron chi connectivity index (χ0n) is 46.6. The lowest BCUT2D eigenvalue weighted by atomic mass is 10.1. The minimum Gasteiger partial charge on any atom is -0.508 e. The molecule has 8 rings (SSSR count). The van der Waals surface area contributed by atoms with Gasteiger partial charge in [0.1, 0.15) is 45.3 Å². The number of fused-ring (bicyclic) bond motifs is 4. The molecule has 0 radical (unpaired) electrons. The standard InChI is InChI=1S/C16H18O5.C14H14O6.C12H10O5.C11H8O5.C4H9Br.CH4O.CH4.Cl2OS/c1-3-4-7-20-12-5-6-13-11(8-15(17)19-2)9-16(18)21-14(13)10-12;15-4-1-5-19-10-2-3-11-9(6-13(16)17)7-14(18)20-12(11)8-10;1-16-11(14)4-7-5-12(15)17-10-6-8(13)2-3-9(7)10;12-7-1-2-8-6(3-10(13)14)4-11(15)16-9(8)5-7;1-2-3-4-5;1-2;;1-4(2)3/h5-6,9-10H,3-4,7-8H2,1-2H3;2-3,7-8,15H,1,4-6H2,(H,16,17);2-3,5-6,13H,4H2,1H3;1-2,4-5,12H,3H2,(H,13,14);2-4H2,1H3;2H,1H3;1H4;. The van der Waals surface area contributed by atoms with E-state index in [1.807, 2.05) is 0 Å². The number of hydrogen-bond donors (Lipinski definition) is 6. The highest BCUT2D eigenvalue weighted by Gasteiger charge is 2.14. The Morgan fingerprint density at radius 3 is 1.09 bits per heavy atom. The second kappa shape index (κ2) is 41.1. The molecule has 4 heterocycles. The van der Waals surface area contributed by atoms with E-state index in [1.54, 1.807) is 42.5 Å². The number of aliphatic hydroxyl groups is 2. The van der Waals surface area contributed by atoms with Crippen molar-refractivity contribution in [3.63, 3.8) is 0 Å². The molecular formula is C59H67BrCl2O23S. The Balaban J connectivity index is 0.000000541. The molecule has 0 atom stereocenters. The Hall–Kier alpha value is -8.07. The van der Waals surface area contributed by atoms with Crippen LogP contribution in [0.5, 0.6) is 23.0 Å². The number of aromatic hydroxyl groups is 2. The Bertz CT molecular complexity index is 3720. The van der Waals surface area contributed by atoms with Crippen molar-refractivity contribution >= 4 is 114 Å². The van der Waals surface area contributed by atoms with Gasteiger partial charge >= 0.3 is 46.4 Å². The van der Waals surface area contributed by atoms with Crippen LogP contribution in [-0.2, 0) is 63.6 Å². The van der Waals surface area contributed by atoms with Gasteiger partial charge in [0.05, 0.1) is 53.1 Å². The Kier molecular flexibility index (Phi) is 36.3. The number of methoxy groups -OCH3 is 2. The molecule has 0 fully saturated rings. The van der Waals surface area contributed by atoms with Crippen LogP contribution in [0.1, 0.15) is 75.6 Å². The maximum atomic E-state index is 11.6. The number of halogens is 3. The predicted octanol–water partition coefficient (Wildman–Crippen LogP) is 9.68. The van der Waals surface area contributed by atoms with E-state index < -0.39 is 55.6 Å². The van der Waals surface area contributed by atoms with Crippen LogP contribution >= 0.6 is 37.3 Å². The van der Waals surface area contributed by atoms with Gasteiger partial charge in [-0.15, -0.1) is 0 Å². The average molecular weight is 1330 g/mol. The molecule has 23 nitrogen and oxygen atoms in total. The smallest absolute Gasteiger partial charge is 0.336 e. The van der Waals surface area contributed by atoms with Crippen LogP contribution in [0.25, 0.3) is 43.9 Å². The van der Waals surface area contributed by atoms with Gasteiger partial charge in [-0.2, -0.15) is 0 Å². The van der Waals surface area contributed by atoms with Gasteiger partial charge < -0.3 is 67.3 Å². The highest BCUT2D eigenvalue weighted by Crippen LogP contribution is 2.26. The number of carbonyl (C=O) groups is 4. The lowest BCUT2D eigenvalue weighted by molar-refractivity contribution is -0.140. The van der Waals surface area contributed by atoms with Gasteiger partial charge in [-0.05, 0) is 83.6 Å². The minimum absolute atomic E-state index is 0. The van der Waals surface area contributed by atoms with E-state index in [0.29, 0.717) is 80.5 Å². The van der Waals surface area contributed by atoms with Crippen molar-refractivity contribution in [2.45, 2.75) is 79.1 Å². The lowest BCUT2D eigenvalue weighted by Gasteiger charge is -2.08. The number of aliphatic hydroxyl groups excluding tert-OH is 2. The highest BCUT2D eigenvalue weighted by molar-refractivity contribution is 9.09. The summed E-state index contributed by atoms with van der Waals surface area (Å²) in [6.07, 6.45) is 4.64. The summed E-state index contributed by atoms with van der Waals surface area (Å²) >= 11 is 3.31. The van der Waals surface area contributed by atoms with Crippen LogP contribution in [0.2, 0.25) is 0 Å². The third-order valence-electron chi connectivity index (χ3n) is 10.9. The quantitative estimate of drug-likeness (QED) is 0.0153. The van der Waals surface area contributed by atoms with Crippen molar-refractivity contribution in [2.75, 3.05) is 46.5 Å². The van der Waals surface area contributed by atoms with Gasteiger partial charge in [0.2, 0.25) is 9.23 Å². The highest BCUT2D eigenvalue weighted by atomic mass is 79.9. The number of phenolic OH excluding ortho intramolecular Hbond substituents is 2. The summed E-state index contributed by atoms with van der Waals surface area (Å²) in [4.78, 5) is 89.4. The van der Waals surface area contributed by atoms with Crippen LogP contribution in [0.4, 0.5) is 0 Å². The van der Waals surface area contributed by atoms with E-state index in [4.69, 9.17) is 51.8 Å². The van der Waals surface area contributed by atoms with Gasteiger partial charge in [0.25, 0.3) is 0 Å². The maximum absolute atomic E-state index is 11.6. The molecule has 0 bridgehead atoms. The van der Waals surface area contributed by atoms with Crippen LogP contribution in [-0.4, -0.2) is 105 Å². The molecule has 0 aliphatic carbocycles. The molecule has 468 valence electrons. The second-order valence-corrected chi connectivity index (χ2v) is 20.4. The van der Waals surface area contributed by atoms with E-state index in [-0.39, 0.29) is 68.0 Å². The summed E-state index contributed by atoms with van der Waals surface area (Å²) in [5, 5.41) is 55.3. The minimum atomic E-state index is -1.67. The van der Waals surface area contributed by atoms with Gasteiger partial charge in [-0.1, -0.05) is 50.0 Å². The molecule has 4 aromatic heterocycles. The van der Waals surface area contributed by atoms with Crippen molar-refractivity contribution in [3.8, 4) is 23.0 Å².